The molecule has 41 heavy (non-hydrogen) atoms. The summed E-state index contributed by atoms with van der Waals surface area (Å²) in [5.41, 5.74) is -6.40. The number of amides is 1. The van der Waals surface area contributed by atoms with Crippen molar-refractivity contribution in [1.29, 1.82) is 0 Å². The minimum Gasteiger partial charge on any atom is -0.439 e. The van der Waals surface area contributed by atoms with Crippen molar-refractivity contribution in [1.82, 2.24) is 4.90 Å². The van der Waals surface area contributed by atoms with E-state index in [0.717, 1.165) is 23.1 Å². The molecule has 0 N–H and O–H groups in total. The summed E-state index contributed by atoms with van der Waals surface area (Å²) >= 11 is 0. The molecule has 2 aliphatic rings. The van der Waals surface area contributed by atoms with Crippen LogP contribution in [0.15, 0.2) is 36.4 Å². The first kappa shape index (κ1) is 31.0. The van der Waals surface area contributed by atoms with E-state index in [0.29, 0.717) is 12.1 Å². The molecule has 0 aromatic heterocycles. The van der Waals surface area contributed by atoms with Crippen LogP contribution in [-0.2, 0) is 39.1 Å². The number of carbonyl (C=O) groups is 1. The summed E-state index contributed by atoms with van der Waals surface area (Å²) in [4.78, 5) is 13.8. The molecule has 2 aliphatic heterocycles. The molecule has 0 radical (unpaired) electrons. The monoisotopic (exact) mass is 597 g/mol. The first-order valence-electron chi connectivity index (χ1n) is 12.3. The Morgan fingerprint density at radius 2 is 1.27 bits per heavy atom. The van der Waals surface area contributed by atoms with Crippen molar-refractivity contribution in [3.63, 3.8) is 0 Å². The maximum Gasteiger partial charge on any atom is 0.495 e. The maximum atomic E-state index is 13.6. The summed E-state index contributed by atoms with van der Waals surface area (Å²) in [6.07, 6.45) is -17.7. The summed E-state index contributed by atoms with van der Waals surface area (Å²) in [7, 11) is -1.13. The fraction of sp³-hybridized carbons (Fsp3) is 0.500. The van der Waals surface area contributed by atoms with E-state index in [1.54, 1.807) is 27.7 Å². The van der Waals surface area contributed by atoms with Crippen LogP contribution in [0, 0.1) is 0 Å². The zero-order valence-electron chi connectivity index (χ0n) is 22.4. The number of halogens is 9. The van der Waals surface area contributed by atoms with E-state index in [4.69, 9.17) is 14.0 Å². The number of nitrogens with zero attached hydrogens (tertiary/aromatic N) is 1. The molecule has 2 atom stereocenters. The van der Waals surface area contributed by atoms with Crippen LogP contribution in [0.2, 0.25) is 0 Å². The lowest BCUT2D eigenvalue weighted by Gasteiger charge is -2.32. The van der Waals surface area contributed by atoms with Crippen molar-refractivity contribution < 1.29 is 58.4 Å². The Morgan fingerprint density at radius 1 is 0.780 bits per heavy atom. The van der Waals surface area contributed by atoms with Crippen LogP contribution < -0.4 is 5.46 Å². The number of alkyl halides is 9. The van der Waals surface area contributed by atoms with Crippen LogP contribution in [0.25, 0.3) is 0 Å². The summed E-state index contributed by atoms with van der Waals surface area (Å²) in [6.45, 7) is 7.70. The van der Waals surface area contributed by atoms with Gasteiger partial charge < -0.3 is 14.0 Å². The second-order valence-electron chi connectivity index (χ2n) is 11.0. The molecule has 2 aromatic carbocycles. The van der Waals surface area contributed by atoms with Gasteiger partial charge in [0.05, 0.1) is 33.9 Å². The van der Waals surface area contributed by atoms with Gasteiger partial charge in [-0.25, -0.2) is 4.79 Å². The molecule has 1 unspecified atom stereocenters. The topological polar surface area (TPSA) is 48.0 Å². The van der Waals surface area contributed by atoms with Gasteiger partial charge in [0.1, 0.15) is 6.10 Å². The number of cyclic esters (lactones) is 1. The van der Waals surface area contributed by atoms with Crippen molar-refractivity contribution in [3.05, 3.63) is 64.2 Å². The Kier molecular flexibility index (Phi) is 7.43. The molecule has 2 heterocycles. The molecule has 224 valence electrons. The third kappa shape index (κ3) is 6.01. The van der Waals surface area contributed by atoms with Crippen molar-refractivity contribution in [2.24, 2.45) is 0 Å². The van der Waals surface area contributed by atoms with Crippen LogP contribution in [0.4, 0.5) is 44.3 Å². The molecule has 0 bridgehead atoms. The van der Waals surface area contributed by atoms with E-state index in [2.05, 4.69) is 0 Å². The summed E-state index contributed by atoms with van der Waals surface area (Å²) < 4.78 is 138. The summed E-state index contributed by atoms with van der Waals surface area (Å²) in [5.74, 6) is 0. The predicted molar refractivity (Wildman–Crippen MR) is 128 cm³/mol. The number of carbonyl (C=O) groups excluding carboxylic acids is 1. The van der Waals surface area contributed by atoms with Gasteiger partial charge >= 0.3 is 31.7 Å². The molecule has 15 heteroatoms. The lowest BCUT2D eigenvalue weighted by atomic mass is 9.75. The average molecular weight is 597 g/mol. The SMILES string of the molecule is C[C@H]1C(c2cc(C(F)(F)F)cc(C(F)(F)F)c2)OC(=O)N1Cc1cc(C(F)(F)F)ccc1B1OC(C)(C)C(C)(C)O1. The van der Waals surface area contributed by atoms with E-state index < -0.39 is 83.9 Å². The molecule has 2 fully saturated rings. The van der Waals surface area contributed by atoms with Gasteiger partial charge in [-0.3, -0.25) is 4.90 Å². The first-order valence-corrected chi connectivity index (χ1v) is 12.3. The Labute approximate surface area is 229 Å². The van der Waals surface area contributed by atoms with Gasteiger partial charge in [-0.15, -0.1) is 0 Å². The van der Waals surface area contributed by atoms with Gasteiger partial charge in [0.15, 0.2) is 0 Å². The summed E-state index contributed by atoms with van der Waals surface area (Å²) in [5, 5.41) is 0. The van der Waals surface area contributed by atoms with Gasteiger partial charge in [0.2, 0.25) is 0 Å². The lowest BCUT2D eigenvalue weighted by Crippen LogP contribution is -2.41. The van der Waals surface area contributed by atoms with Crippen LogP contribution in [0.5, 0.6) is 0 Å². The molecular weight excluding hydrogens is 572 g/mol. The normalized spacial score (nSPS) is 22.8. The van der Waals surface area contributed by atoms with Gasteiger partial charge in [0.25, 0.3) is 0 Å². The Morgan fingerprint density at radius 3 is 1.73 bits per heavy atom. The maximum absolute atomic E-state index is 13.6. The third-order valence-corrected chi connectivity index (χ3v) is 7.65. The van der Waals surface area contributed by atoms with Crippen LogP contribution in [0.3, 0.4) is 0 Å². The van der Waals surface area contributed by atoms with Gasteiger partial charge in [-0.2, -0.15) is 39.5 Å². The van der Waals surface area contributed by atoms with Crippen molar-refractivity contribution >= 4 is 18.7 Å². The second-order valence-corrected chi connectivity index (χ2v) is 11.0. The van der Waals surface area contributed by atoms with Crippen LogP contribution in [-0.4, -0.2) is 35.4 Å². The molecule has 2 aromatic rings. The highest BCUT2D eigenvalue weighted by Crippen LogP contribution is 2.42. The highest BCUT2D eigenvalue weighted by Gasteiger charge is 2.53. The van der Waals surface area contributed by atoms with Gasteiger partial charge in [-0.05, 0) is 75.5 Å². The Hall–Kier alpha value is -2.94. The molecule has 0 spiro atoms. The van der Waals surface area contributed by atoms with E-state index in [1.807, 2.05) is 0 Å². The van der Waals surface area contributed by atoms with Crippen molar-refractivity contribution in [2.75, 3.05) is 0 Å². The Bertz CT molecular complexity index is 1290. The zero-order chi connectivity index (χ0) is 30.9. The Balaban J connectivity index is 1.72. The number of hydrogen-bond acceptors (Lipinski definition) is 4. The molecule has 0 aliphatic carbocycles. The number of hydrogen-bond donors (Lipinski definition) is 0. The lowest BCUT2D eigenvalue weighted by molar-refractivity contribution is -0.143. The molecular formula is C26H25BF9NO4. The largest absolute Gasteiger partial charge is 0.495 e. The average Bonchev–Trinajstić information content (AvgIpc) is 3.21. The van der Waals surface area contributed by atoms with Crippen LogP contribution >= 0.6 is 0 Å². The standard InChI is InChI=1S/C26H25BF9NO4/c1-13-20(14-8-17(25(31,32)33)11-18(9-14)26(34,35)36)39-21(38)37(13)12-15-10-16(24(28,29)30)6-7-19(15)27-40-22(2,3)23(4,5)41-27/h6-11,13,20H,12H2,1-5H3/t13-,20?/m0/s1. The fourth-order valence-corrected chi connectivity index (χ4v) is 4.61. The van der Waals surface area contributed by atoms with Crippen molar-refractivity contribution in [2.45, 2.75) is 83.0 Å². The molecule has 5 nitrogen and oxygen atoms in total. The molecule has 4 rings (SSSR count). The van der Waals surface area contributed by atoms with E-state index >= 15 is 0 Å². The third-order valence-electron chi connectivity index (χ3n) is 7.65. The van der Waals surface area contributed by atoms with Gasteiger partial charge in [-0.1, -0.05) is 12.1 Å². The number of benzene rings is 2. The van der Waals surface area contributed by atoms with E-state index in [9.17, 15) is 44.3 Å². The molecule has 1 amide bonds. The zero-order valence-corrected chi connectivity index (χ0v) is 22.4. The highest BCUT2D eigenvalue weighted by atomic mass is 19.4. The number of ether oxygens (including phenoxy) is 1. The molecule has 0 saturated carbocycles. The quantitative estimate of drug-likeness (QED) is 0.278. The van der Waals surface area contributed by atoms with E-state index in [-0.39, 0.29) is 17.1 Å². The minimum absolute atomic E-state index is 0.0530. The van der Waals surface area contributed by atoms with Crippen molar-refractivity contribution in [3.8, 4) is 0 Å². The minimum atomic E-state index is -5.13. The second kappa shape index (κ2) is 9.82. The fourth-order valence-electron chi connectivity index (χ4n) is 4.61. The van der Waals surface area contributed by atoms with Gasteiger partial charge in [0, 0.05) is 6.54 Å². The smallest absolute Gasteiger partial charge is 0.439 e. The van der Waals surface area contributed by atoms with Crippen LogP contribution in [0.1, 0.15) is 68.5 Å². The number of rotatable bonds is 4. The van der Waals surface area contributed by atoms with E-state index in [1.165, 1.54) is 6.92 Å². The predicted octanol–water partition coefficient (Wildman–Crippen LogP) is 7.12. The first-order chi connectivity index (χ1) is 18.5. The highest BCUT2D eigenvalue weighted by molar-refractivity contribution is 6.62. The summed E-state index contributed by atoms with van der Waals surface area (Å²) in [6, 6.07) is 2.45. The molecule has 2 saturated heterocycles.